The molecule has 1 heterocycles. The minimum atomic E-state index is -0.703. The Morgan fingerprint density at radius 3 is 1.91 bits per heavy atom. The molecule has 3 heteroatoms. The van der Waals surface area contributed by atoms with E-state index in [0.29, 0.717) is 3.43 Å². The Labute approximate surface area is 147 Å². The molecule has 0 bridgehead atoms. The fourth-order valence-corrected chi connectivity index (χ4v) is 8.34. The number of nitrogens with two attached hydrogens (primary N) is 1. The molecular weight excluding hydrogens is 375 g/mol. The third-order valence-electron chi connectivity index (χ3n) is 4.57. The molecule has 1 aromatic rings. The van der Waals surface area contributed by atoms with Gasteiger partial charge in [0.2, 0.25) is 0 Å². The summed E-state index contributed by atoms with van der Waals surface area (Å²) in [4.78, 5) is 4.70. The normalized spacial score (nSPS) is 11.8. The number of aromatic nitrogens is 1. The van der Waals surface area contributed by atoms with E-state index < -0.39 is 21.1 Å². The van der Waals surface area contributed by atoms with E-state index >= 15 is 0 Å². The third kappa shape index (κ3) is 6.47. The molecule has 1 rings (SSSR count). The second-order valence-corrected chi connectivity index (χ2v) is 11.8. The molecular formula is C19H34N2Sn. The van der Waals surface area contributed by atoms with Crippen LogP contribution < -0.4 is 9.44 Å². The van der Waals surface area contributed by atoms with Crippen LogP contribution in [0.1, 0.15) is 84.1 Å². The predicted octanol–water partition coefficient (Wildman–Crippen LogP) is 5.03. The van der Waals surface area contributed by atoms with Crippen LogP contribution in [0.25, 0.3) is 0 Å². The quantitative estimate of drug-likeness (QED) is 0.521. The van der Waals surface area contributed by atoms with E-state index in [4.69, 9.17) is 10.7 Å². The number of aryl methyl sites for hydroxylation is 1. The van der Waals surface area contributed by atoms with E-state index in [9.17, 15) is 0 Å². The molecule has 0 unspecified atom stereocenters. The molecule has 0 saturated heterocycles. The van der Waals surface area contributed by atoms with Crippen molar-refractivity contribution in [3.8, 4) is 0 Å². The van der Waals surface area contributed by atoms with Crippen LogP contribution in [-0.2, 0) is 0 Å². The van der Waals surface area contributed by atoms with Crippen molar-refractivity contribution in [2.75, 3.05) is 5.73 Å². The number of hydrogen-bond donors (Lipinski definition) is 1. The van der Waals surface area contributed by atoms with Gasteiger partial charge in [0, 0.05) is 0 Å². The Morgan fingerprint density at radius 2 is 1.50 bits per heavy atom. The number of pyridine rings is 1. The number of unbranched alkanes of at least 4 members (excludes halogenated alkanes) is 3. The summed E-state index contributed by atoms with van der Waals surface area (Å²) in [7, 11) is 0. The molecule has 0 aromatic carbocycles. The maximum absolute atomic E-state index is 5.95. The van der Waals surface area contributed by atoms with Gasteiger partial charge in [0.15, 0.2) is 0 Å². The Bertz CT molecular complexity index is 410. The van der Waals surface area contributed by atoms with Gasteiger partial charge in [-0.1, -0.05) is 0 Å². The van der Waals surface area contributed by atoms with Crippen molar-refractivity contribution in [1.82, 2.24) is 4.98 Å². The summed E-state index contributed by atoms with van der Waals surface area (Å²) in [5.41, 5.74) is 8.00. The Kier molecular flexibility index (Phi) is 9.46. The monoisotopic (exact) mass is 410 g/mol. The van der Waals surface area contributed by atoms with Crippen LogP contribution in [-0.4, -0.2) is 26.1 Å². The van der Waals surface area contributed by atoms with Crippen LogP contribution in [0.4, 0.5) is 5.69 Å². The number of hydrogen-bond acceptors (Lipinski definition) is 2. The van der Waals surface area contributed by atoms with E-state index in [2.05, 4.69) is 33.8 Å². The van der Waals surface area contributed by atoms with Crippen molar-refractivity contribution in [2.24, 2.45) is 0 Å². The van der Waals surface area contributed by atoms with Crippen LogP contribution in [0.5, 0.6) is 0 Å². The summed E-state index contributed by atoms with van der Waals surface area (Å²) in [5.74, 6) is 0. The van der Waals surface area contributed by atoms with Crippen LogP contribution in [0, 0.1) is 6.92 Å². The second kappa shape index (κ2) is 10.5. The molecule has 22 heavy (non-hydrogen) atoms. The first-order chi connectivity index (χ1) is 10.6. The van der Waals surface area contributed by atoms with E-state index in [1.165, 1.54) is 67.1 Å². The van der Waals surface area contributed by atoms with E-state index in [1.807, 2.05) is 6.20 Å². The van der Waals surface area contributed by atoms with Crippen molar-refractivity contribution < 1.29 is 0 Å². The van der Waals surface area contributed by atoms with Gasteiger partial charge in [0.25, 0.3) is 0 Å². The number of anilines is 1. The van der Waals surface area contributed by atoms with Crippen molar-refractivity contribution in [1.29, 1.82) is 0 Å². The average molecular weight is 409 g/mol. The predicted molar refractivity (Wildman–Crippen MR) is 100 cm³/mol. The van der Waals surface area contributed by atoms with Crippen molar-refractivity contribution >= 4 is 30.5 Å². The van der Waals surface area contributed by atoms with Crippen LogP contribution >= 0.6 is 0 Å². The van der Waals surface area contributed by atoms with Crippen LogP contribution in [0.15, 0.2) is 12.3 Å². The van der Waals surface area contributed by atoms with Gasteiger partial charge in [-0.25, -0.2) is 0 Å². The molecule has 0 fully saturated rings. The zero-order chi connectivity index (χ0) is 16.4. The van der Waals surface area contributed by atoms with Gasteiger partial charge in [0.05, 0.1) is 0 Å². The molecule has 0 saturated carbocycles. The molecule has 2 N–H and O–H groups in total. The molecule has 0 spiro atoms. The topological polar surface area (TPSA) is 38.9 Å². The maximum atomic E-state index is 5.95. The molecule has 0 amide bonds. The van der Waals surface area contributed by atoms with Gasteiger partial charge in [0.1, 0.15) is 0 Å². The van der Waals surface area contributed by atoms with E-state index in [0.717, 1.165) is 5.69 Å². The third-order valence-corrected chi connectivity index (χ3v) is 9.74. The standard InChI is InChI=1S/C13H27.C6H7N2.Sn/c1-4-7-10-13(11-8-5-2)12-9-6-3;1-5-2-3-8-4-6(5)7;/h4-12H2,1-3H3;2,4H,7H2,1H3;. The Balaban J connectivity index is 2.94. The Morgan fingerprint density at radius 1 is 1.00 bits per heavy atom. The average Bonchev–Trinajstić information content (AvgIpc) is 2.52. The second-order valence-electron chi connectivity index (χ2n) is 6.64. The number of nitrogen functional groups attached to an aromatic ring is 1. The molecule has 2 nitrogen and oxygen atoms in total. The summed E-state index contributed by atoms with van der Waals surface area (Å²) in [5, 5.41) is 0. The van der Waals surface area contributed by atoms with E-state index in [1.54, 1.807) is 0 Å². The fraction of sp³-hybridized carbons (Fsp3) is 0.737. The van der Waals surface area contributed by atoms with Crippen molar-refractivity contribution in [3.63, 3.8) is 0 Å². The zero-order valence-corrected chi connectivity index (χ0v) is 17.9. The first-order valence-electron chi connectivity index (χ1n) is 9.07. The molecule has 0 aliphatic carbocycles. The van der Waals surface area contributed by atoms with Gasteiger partial charge < -0.3 is 0 Å². The van der Waals surface area contributed by atoms with Crippen molar-refractivity contribution in [2.45, 2.75) is 88.9 Å². The van der Waals surface area contributed by atoms with E-state index in [-0.39, 0.29) is 0 Å². The molecule has 1 aromatic heterocycles. The summed E-state index contributed by atoms with van der Waals surface area (Å²) in [6, 6.07) is 2.28. The number of rotatable bonds is 11. The van der Waals surface area contributed by atoms with Crippen LogP contribution in [0.2, 0.25) is 3.43 Å². The molecule has 0 atom stereocenters. The summed E-state index contributed by atoms with van der Waals surface area (Å²) >= 11 is -0.703. The van der Waals surface area contributed by atoms with Crippen LogP contribution in [0.3, 0.4) is 0 Å². The minimum absolute atomic E-state index is 0.612. The summed E-state index contributed by atoms with van der Waals surface area (Å²) < 4.78 is 2.01. The summed E-state index contributed by atoms with van der Waals surface area (Å²) in [6.45, 7) is 9.08. The molecule has 0 aliphatic rings. The first kappa shape index (κ1) is 19.8. The fourth-order valence-electron chi connectivity index (χ4n) is 3.01. The van der Waals surface area contributed by atoms with Gasteiger partial charge in [-0.05, 0) is 0 Å². The molecule has 0 aliphatic heterocycles. The van der Waals surface area contributed by atoms with Crippen molar-refractivity contribution in [3.05, 3.63) is 17.8 Å². The Hall–Kier alpha value is -0.251. The zero-order valence-electron chi connectivity index (χ0n) is 15.0. The molecule has 124 valence electrons. The summed E-state index contributed by atoms with van der Waals surface area (Å²) in [6.07, 6.45) is 14.2. The SMILES string of the molecule is CCCC[C](CCCC)(CCCC)[Sn][c]1cc(C)c(N)cn1. The van der Waals surface area contributed by atoms with Gasteiger partial charge >= 0.3 is 148 Å². The van der Waals surface area contributed by atoms with Gasteiger partial charge in [-0.15, -0.1) is 0 Å². The molecule has 2 radical (unpaired) electrons. The first-order valence-corrected chi connectivity index (χ1v) is 11.9. The number of nitrogens with zero attached hydrogens (tertiary/aromatic N) is 1. The van der Waals surface area contributed by atoms with Gasteiger partial charge in [-0.3, -0.25) is 0 Å². The van der Waals surface area contributed by atoms with Gasteiger partial charge in [-0.2, -0.15) is 0 Å².